The van der Waals surface area contributed by atoms with Crippen LogP contribution in [0.3, 0.4) is 0 Å². The van der Waals surface area contributed by atoms with Crippen LogP contribution in [0.4, 0.5) is 0 Å². The summed E-state index contributed by atoms with van der Waals surface area (Å²) in [5, 5.41) is 103. The zero-order valence-corrected chi connectivity index (χ0v) is 23.0. The Labute approximate surface area is 247 Å². The van der Waals surface area contributed by atoms with Crippen LogP contribution < -0.4 is 14.9 Å². The predicted octanol–water partition coefficient (Wildman–Crippen LogP) is -2.43. The van der Waals surface area contributed by atoms with Crippen molar-refractivity contribution >= 4 is 11.0 Å². The Morgan fingerprint density at radius 2 is 1.36 bits per heavy atom. The van der Waals surface area contributed by atoms with E-state index in [-0.39, 0.29) is 16.9 Å². The molecule has 0 bridgehead atoms. The molecule has 240 valence electrons. The molecule has 2 aliphatic rings. The molecule has 16 heteroatoms. The van der Waals surface area contributed by atoms with E-state index < -0.39 is 108 Å². The summed E-state index contributed by atoms with van der Waals surface area (Å²) in [4.78, 5) is 13.4. The van der Waals surface area contributed by atoms with E-state index in [0.29, 0.717) is 5.75 Å². The van der Waals surface area contributed by atoms with E-state index in [0.717, 1.165) is 6.07 Å². The molecule has 0 aliphatic carbocycles. The largest absolute Gasteiger partial charge is 0.506 e. The second-order valence-electron chi connectivity index (χ2n) is 10.4. The van der Waals surface area contributed by atoms with Crippen molar-refractivity contribution in [2.24, 2.45) is 0 Å². The molecule has 0 saturated carbocycles. The van der Waals surface area contributed by atoms with Crippen molar-refractivity contribution in [3.63, 3.8) is 0 Å². The molecule has 3 aromatic rings. The summed E-state index contributed by atoms with van der Waals surface area (Å²) >= 11 is 0. The Balaban J connectivity index is 1.71. The fourth-order valence-electron chi connectivity index (χ4n) is 5.26. The monoisotopic (exact) mass is 624 g/mol. The Morgan fingerprint density at radius 1 is 0.773 bits per heavy atom. The lowest BCUT2D eigenvalue weighted by Gasteiger charge is -2.42. The number of aromatic hydroxyl groups is 2. The Hall–Kier alpha value is -3.55. The third kappa shape index (κ3) is 5.34. The van der Waals surface area contributed by atoms with Crippen molar-refractivity contribution in [3.8, 4) is 34.3 Å². The van der Waals surface area contributed by atoms with Crippen molar-refractivity contribution in [2.75, 3.05) is 20.3 Å². The Bertz CT molecular complexity index is 1540. The summed E-state index contributed by atoms with van der Waals surface area (Å²) < 4.78 is 27.7. The first-order valence-electron chi connectivity index (χ1n) is 13.4. The number of aliphatic hydroxyl groups excluding tert-OH is 8. The highest BCUT2D eigenvalue weighted by Crippen LogP contribution is 2.47. The standard InChI is InChI=1S/C28H32O16/c1-40-10-4-2-9(3-5-10)26-23(37)20(34)15-11(41-26)6-12(43-28-25(39)22(36)18(32)14(8-30)44-28)16(19(15)33)27-24(38)21(35)17(31)13(7-29)42-27/h2-6,13-14,17-18,21-22,24-25,27-33,35-39H,7-8H2,1H3. The van der Waals surface area contributed by atoms with Crippen LogP contribution in [0.15, 0.2) is 39.5 Å². The van der Waals surface area contributed by atoms with E-state index in [9.17, 15) is 55.9 Å². The van der Waals surface area contributed by atoms with Crippen molar-refractivity contribution in [1.29, 1.82) is 0 Å². The molecule has 3 heterocycles. The number of aliphatic hydroxyl groups is 8. The van der Waals surface area contributed by atoms with Crippen LogP contribution in [-0.2, 0) is 9.47 Å². The number of rotatable bonds is 7. The Morgan fingerprint density at radius 3 is 1.95 bits per heavy atom. The first-order chi connectivity index (χ1) is 20.9. The highest BCUT2D eigenvalue weighted by Gasteiger charge is 2.48. The van der Waals surface area contributed by atoms with Crippen LogP contribution >= 0.6 is 0 Å². The van der Waals surface area contributed by atoms with Crippen molar-refractivity contribution in [1.82, 2.24) is 0 Å². The number of hydrogen-bond acceptors (Lipinski definition) is 16. The third-order valence-electron chi connectivity index (χ3n) is 7.76. The molecule has 1 aromatic heterocycles. The van der Waals surface area contributed by atoms with Gasteiger partial charge in [-0.1, -0.05) is 0 Å². The molecule has 2 fully saturated rings. The van der Waals surface area contributed by atoms with Gasteiger partial charge in [-0.2, -0.15) is 0 Å². The number of phenolic OH excluding ortho intramolecular Hbond substituents is 1. The molecule has 16 nitrogen and oxygen atoms in total. The second-order valence-corrected chi connectivity index (χ2v) is 10.4. The summed E-state index contributed by atoms with van der Waals surface area (Å²) in [5.74, 6) is -2.24. The topological polar surface area (TPSA) is 269 Å². The van der Waals surface area contributed by atoms with Crippen molar-refractivity contribution in [3.05, 3.63) is 46.1 Å². The van der Waals surface area contributed by atoms with Crippen LogP contribution in [0.5, 0.6) is 23.0 Å². The Kier molecular flexibility index (Phi) is 9.01. The van der Waals surface area contributed by atoms with Gasteiger partial charge in [0.15, 0.2) is 5.76 Å². The van der Waals surface area contributed by atoms with E-state index in [4.69, 9.17) is 23.4 Å². The van der Waals surface area contributed by atoms with E-state index >= 15 is 0 Å². The van der Waals surface area contributed by atoms with Gasteiger partial charge < -0.3 is 74.4 Å². The molecule has 10 unspecified atom stereocenters. The molecule has 5 rings (SSSR count). The average molecular weight is 625 g/mol. The maximum absolute atomic E-state index is 13.4. The molecule has 2 aliphatic heterocycles. The van der Waals surface area contributed by atoms with Gasteiger partial charge in [0.05, 0.1) is 25.9 Å². The maximum atomic E-state index is 13.4. The number of benzene rings is 2. The van der Waals surface area contributed by atoms with Crippen LogP contribution in [0, 0.1) is 0 Å². The van der Waals surface area contributed by atoms with Gasteiger partial charge in [0.25, 0.3) is 0 Å². The zero-order valence-electron chi connectivity index (χ0n) is 23.0. The minimum Gasteiger partial charge on any atom is -0.506 e. The third-order valence-corrected chi connectivity index (χ3v) is 7.76. The van der Waals surface area contributed by atoms with E-state index in [1.165, 1.54) is 31.4 Å². The van der Waals surface area contributed by atoms with Gasteiger partial charge in [-0.15, -0.1) is 0 Å². The maximum Gasteiger partial charge on any atom is 0.238 e. The number of fused-ring (bicyclic) bond motifs is 1. The van der Waals surface area contributed by atoms with Gasteiger partial charge in [0.1, 0.15) is 83.2 Å². The summed E-state index contributed by atoms with van der Waals surface area (Å²) in [6, 6.07) is 7.05. The van der Waals surface area contributed by atoms with Gasteiger partial charge in [-0.05, 0) is 24.3 Å². The SMILES string of the molecule is COc1ccc(-c2oc3cc(OC4OC(CO)C(O)C(O)C4O)c(C4OC(CO)C(O)C(O)C4O)c(O)c3c(=O)c2O)cc1. The predicted molar refractivity (Wildman–Crippen MR) is 145 cm³/mol. The van der Waals surface area contributed by atoms with Gasteiger partial charge in [-0.3, -0.25) is 4.79 Å². The van der Waals surface area contributed by atoms with Gasteiger partial charge in [0, 0.05) is 11.6 Å². The molecule has 0 radical (unpaired) electrons. The summed E-state index contributed by atoms with van der Waals surface area (Å²) in [7, 11) is 1.44. The molecule has 2 saturated heterocycles. The van der Waals surface area contributed by atoms with E-state index in [2.05, 4.69) is 0 Å². The van der Waals surface area contributed by atoms with Gasteiger partial charge in [-0.25, -0.2) is 0 Å². The summed E-state index contributed by atoms with van der Waals surface area (Å²) in [6.07, 6.45) is -17.8. The molecule has 10 N–H and O–H groups in total. The molecule has 2 aromatic carbocycles. The fourth-order valence-corrected chi connectivity index (χ4v) is 5.26. The molecule has 0 amide bonds. The van der Waals surface area contributed by atoms with Crippen LogP contribution in [0.25, 0.3) is 22.3 Å². The normalized spacial score (nSPS) is 32.5. The second kappa shape index (κ2) is 12.4. The number of methoxy groups -OCH3 is 1. The van der Waals surface area contributed by atoms with Crippen LogP contribution in [0.2, 0.25) is 0 Å². The quantitative estimate of drug-likeness (QED) is 0.131. The first-order valence-corrected chi connectivity index (χ1v) is 13.4. The molecule has 44 heavy (non-hydrogen) atoms. The fraction of sp³-hybridized carbons (Fsp3) is 0.464. The first kappa shape index (κ1) is 31.9. The summed E-state index contributed by atoms with van der Waals surface area (Å²) in [6.45, 7) is -1.64. The highest BCUT2D eigenvalue weighted by molar-refractivity contribution is 5.90. The minimum atomic E-state index is -1.99. The van der Waals surface area contributed by atoms with E-state index in [1.807, 2.05) is 0 Å². The van der Waals surface area contributed by atoms with E-state index in [1.54, 1.807) is 0 Å². The number of phenols is 1. The lowest BCUT2D eigenvalue weighted by Crippen LogP contribution is -2.60. The van der Waals surface area contributed by atoms with Gasteiger partial charge in [0.2, 0.25) is 17.5 Å². The number of hydrogen-bond donors (Lipinski definition) is 10. The lowest BCUT2D eigenvalue weighted by atomic mass is 9.89. The average Bonchev–Trinajstić information content (AvgIpc) is 3.02. The van der Waals surface area contributed by atoms with Crippen LogP contribution in [0.1, 0.15) is 11.7 Å². The lowest BCUT2D eigenvalue weighted by molar-refractivity contribution is -0.278. The zero-order chi connectivity index (χ0) is 32.0. The summed E-state index contributed by atoms with van der Waals surface area (Å²) in [5.41, 5.74) is -1.84. The highest BCUT2D eigenvalue weighted by atomic mass is 16.7. The van der Waals surface area contributed by atoms with Gasteiger partial charge >= 0.3 is 0 Å². The molecular weight excluding hydrogens is 592 g/mol. The van der Waals surface area contributed by atoms with Crippen molar-refractivity contribution < 1.29 is 74.4 Å². The smallest absolute Gasteiger partial charge is 0.238 e. The molecular formula is C28H32O16. The van der Waals surface area contributed by atoms with Crippen molar-refractivity contribution in [2.45, 2.75) is 61.2 Å². The van der Waals surface area contributed by atoms with Crippen LogP contribution in [-0.4, -0.2) is 127 Å². The minimum absolute atomic E-state index is 0.233. The molecule has 10 atom stereocenters. The number of ether oxygens (including phenoxy) is 4. The molecule has 0 spiro atoms.